The van der Waals surface area contributed by atoms with Crippen LogP contribution in [0.4, 0.5) is 13.2 Å². The molecule has 0 amide bonds. The van der Waals surface area contributed by atoms with Gasteiger partial charge in [-0.05, 0) is 46.3 Å². The van der Waals surface area contributed by atoms with Crippen LogP contribution in [0.3, 0.4) is 0 Å². The van der Waals surface area contributed by atoms with E-state index in [0.29, 0.717) is 5.56 Å². The van der Waals surface area contributed by atoms with Crippen molar-refractivity contribution in [1.82, 2.24) is 5.32 Å². The second kappa shape index (κ2) is 6.74. The van der Waals surface area contributed by atoms with E-state index in [4.69, 9.17) is 0 Å². The second-order valence-corrected chi connectivity index (χ2v) is 5.93. The third-order valence-corrected chi connectivity index (χ3v) is 3.87. The molecule has 1 N–H and O–H groups in total. The van der Waals surface area contributed by atoms with E-state index in [1.54, 1.807) is 12.1 Å². The molecule has 0 unspecified atom stereocenters. The first kappa shape index (κ1) is 15.5. The van der Waals surface area contributed by atoms with Crippen LogP contribution in [0.25, 0.3) is 0 Å². The highest BCUT2D eigenvalue weighted by Gasteiger charge is 2.12. The molecule has 0 heterocycles. The molecule has 1 nitrogen and oxygen atoms in total. The minimum absolute atomic E-state index is 0.0247. The Kier molecular flexibility index (Phi) is 5.23. The van der Waals surface area contributed by atoms with Crippen LogP contribution < -0.4 is 5.32 Å². The maximum absolute atomic E-state index is 13.7. The molecule has 2 aromatic carbocycles. The minimum atomic E-state index is -0.646. The van der Waals surface area contributed by atoms with E-state index in [-0.39, 0.29) is 28.9 Å². The SMILES string of the molecule is Fc1ccc(Br)cc1CNCc1c(F)ccc(Br)c1F. The van der Waals surface area contributed by atoms with Gasteiger partial charge in [-0.2, -0.15) is 0 Å². The van der Waals surface area contributed by atoms with Crippen molar-refractivity contribution in [3.8, 4) is 0 Å². The van der Waals surface area contributed by atoms with E-state index >= 15 is 0 Å². The molecule has 2 rings (SSSR count). The van der Waals surface area contributed by atoms with Gasteiger partial charge in [0, 0.05) is 28.7 Å². The van der Waals surface area contributed by atoms with Crippen molar-refractivity contribution < 1.29 is 13.2 Å². The van der Waals surface area contributed by atoms with Gasteiger partial charge in [0.15, 0.2) is 0 Å². The van der Waals surface area contributed by atoms with Gasteiger partial charge in [-0.1, -0.05) is 15.9 Å². The van der Waals surface area contributed by atoms with Crippen molar-refractivity contribution in [2.24, 2.45) is 0 Å². The summed E-state index contributed by atoms with van der Waals surface area (Å²) in [5.41, 5.74) is 0.352. The number of rotatable bonds is 4. The quantitative estimate of drug-likeness (QED) is 0.708. The Morgan fingerprint density at radius 1 is 0.900 bits per heavy atom. The summed E-state index contributed by atoms with van der Waals surface area (Å²) in [5.74, 6) is -1.64. The van der Waals surface area contributed by atoms with E-state index in [1.807, 2.05) is 0 Å². The molecular weight excluding hydrogens is 399 g/mol. The Balaban J connectivity index is 2.07. The van der Waals surface area contributed by atoms with Gasteiger partial charge in [0.05, 0.1) is 4.47 Å². The molecule has 0 bridgehead atoms. The Morgan fingerprint density at radius 3 is 2.35 bits per heavy atom. The minimum Gasteiger partial charge on any atom is -0.308 e. The third-order valence-electron chi connectivity index (χ3n) is 2.76. The third kappa shape index (κ3) is 3.62. The molecule has 0 aliphatic carbocycles. The second-order valence-electron chi connectivity index (χ2n) is 4.16. The van der Waals surface area contributed by atoms with Gasteiger partial charge in [0.1, 0.15) is 17.5 Å². The van der Waals surface area contributed by atoms with Crippen molar-refractivity contribution in [3.63, 3.8) is 0 Å². The summed E-state index contributed by atoms with van der Waals surface area (Å²) in [6.07, 6.45) is 0. The lowest BCUT2D eigenvalue weighted by Crippen LogP contribution is -2.16. The molecule has 0 radical (unpaired) electrons. The van der Waals surface area contributed by atoms with E-state index in [1.165, 1.54) is 18.2 Å². The summed E-state index contributed by atoms with van der Waals surface area (Å²) in [7, 11) is 0. The van der Waals surface area contributed by atoms with Crippen LogP contribution in [0.1, 0.15) is 11.1 Å². The highest BCUT2D eigenvalue weighted by Crippen LogP contribution is 2.22. The van der Waals surface area contributed by atoms with E-state index < -0.39 is 11.6 Å². The molecule has 20 heavy (non-hydrogen) atoms. The first-order valence-electron chi connectivity index (χ1n) is 5.76. The summed E-state index contributed by atoms with van der Waals surface area (Å²) in [5, 5.41) is 2.83. The van der Waals surface area contributed by atoms with Crippen LogP contribution >= 0.6 is 31.9 Å². The number of halogens is 5. The average Bonchev–Trinajstić information content (AvgIpc) is 2.42. The van der Waals surface area contributed by atoms with E-state index in [9.17, 15) is 13.2 Å². The number of hydrogen-bond acceptors (Lipinski definition) is 1. The van der Waals surface area contributed by atoms with Crippen LogP contribution in [-0.2, 0) is 13.1 Å². The van der Waals surface area contributed by atoms with Crippen LogP contribution in [0.15, 0.2) is 39.3 Å². The first-order valence-corrected chi connectivity index (χ1v) is 7.34. The molecular formula is C14H10Br2F3N. The maximum Gasteiger partial charge on any atom is 0.144 e. The topological polar surface area (TPSA) is 12.0 Å². The van der Waals surface area contributed by atoms with Crippen molar-refractivity contribution in [1.29, 1.82) is 0 Å². The van der Waals surface area contributed by atoms with Crippen molar-refractivity contribution in [2.45, 2.75) is 13.1 Å². The molecule has 2 aromatic rings. The number of hydrogen-bond donors (Lipinski definition) is 1. The zero-order valence-corrected chi connectivity index (χ0v) is 13.4. The van der Waals surface area contributed by atoms with Gasteiger partial charge in [0.2, 0.25) is 0 Å². The highest BCUT2D eigenvalue weighted by molar-refractivity contribution is 9.10. The van der Waals surface area contributed by atoms with E-state index in [0.717, 1.165) is 4.47 Å². The lowest BCUT2D eigenvalue weighted by Gasteiger charge is -2.09. The summed E-state index contributed by atoms with van der Waals surface area (Å²) >= 11 is 6.25. The fraction of sp³-hybridized carbons (Fsp3) is 0.143. The van der Waals surface area contributed by atoms with Crippen molar-refractivity contribution >= 4 is 31.9 Å². The predicted octanol–water partition coefficient (Wildman–Crippen LogP) is 4.92. The monoisotopic (exact) mass is 407 g/mol. The summed E-state index contributed by atoms with van der Waals surface area (Å²) in [6.45, 7) is 0.153. The molecule has 0 aliphatic heterocycles. The largest absolute Gasteiger partial charge is 0.308 e. The molecule has 0 aliphatic rings. The van der Waals surface area contributed by atoms with E-state index in [2.05, 4.69) is 37.2 Å². The van der Waals surface area contributed by atoms with Gasteiger partial charge in [-0.15, -0.1) is 0 Å². The highest BCUT2D eigenvalue weighted by atomic mass is 79.9. The Hall–Kier alpha value is -0.850. The van der Waals surface area contributed by atoms with Gasteiger partial charge in [-0.25, -0.2) is 13.2 Å². The lowest BCUT2D eigenvalue weighted by atomic mass is 10.1. The van der Waals surface area contributed by atoms with Crippen LogP contribution in [0, 0.1) is 17.5 Å². The molecule has 106 valence electrons. The van der Waals surface area contributed by atoms with Crippen molar-refractivity contribution in [2.75, 3.05) is 0 Å². The van der Waals surface area contributed by atoms with Gasteiger partial charge in [0.25, 0.3) is 0 Å². The first-order chi connectivity index (χ1) is 9.49. The Morgan fingerprint density at radius 2 is 1.60 bits per heavy atom. The van der Waals surface area contributed by atoms with Crippen LogP contribution in [-0.4, -0.2) is 0 Å². The fourth-order valence-corrected chi connectivity index (χ4v) is 2.51. The lowest BCUT2D eigenvalue weighted by molar-refractivity contribution is 0.526. The van der Waals surface area contributed by atoms with Gasteiger partial charge < -0.3 is 5.32 Å². The summed E-state index contributed by atoms with van der Waals surface area (Å²) in [4.78, 5) is 0. The molecule has 0 saturated heterocycles. The predicted molar refractivity (Wildman–Crippen MR) is 78.7 cm³/mol. The number of nitrogens with one attached hydrogen (secondary N) is 1. The van der Waals surface area contributed by atoms with Crippen molar-refractivity contribution in [3.05, 3.63) is 67.9 Å². The standard InChI is InChI=1S/C14H10Br2F3N/c15-9-1-3-12(17)8(5-9)6-20-7-10-13(18)4-2-11(16)14(10)19/h1-5,20H,6-7H2. The molecule has 0 fully saturated rings. The molecule has 0 spiro atoms. The summed E-state index contributed by atoms with van der Waals surface area (Å²) < 4.78 is 41.7. The van der Waals surface area contributed by atoms with Gasteiger partial charge >= 0.3 is 0 Å². The molecule has 0 saturated carbocycles. The fourth-order valence-electron chi connectivity index (χ4n) is 1.73. The molecule has 0 aromatic heterocycles. The Bertz CT molecular complexity index is 632. The smallest absolute Gasteiger partial charge is 0.144 e. The molecule has 0 atom stereocenters. The summed E-state index contributed by atoms with van der Waals surface area (Å²) in [6, 6.07) is 7.04. The number of benzene rings is 2. The van der Waals surface area contributed by atoms with Gasteiger partial charge in [-0.3, -0.25) is 0 Å². The average molecular weight is 409 g/mol. The molecule has 6 heteroatoms. The Labute approximate surface area is 131 Å². The zero-order chi connectivity index (χ0) is 14.7. The maximum atomic E-state index is 13.7. The van der Waals surface area contributed by atoms with Crippen LogP contribution in [0.2, 0.25) is 0 Å². The normalized spacial score (nSPS) is 10.8. The zero-order valence-electron chi connectivity index (χ0n) is 10.2. The van der Waals surface area contributed by atoms with Crippen LogP contribution in [0.5, 0.6) is 0 Å².